The number of ether oxygens (including phenoxy) is 1. The van der Waals surface area contributed by atoms with Crippen LogP contribution in [0.4, 0.5) is 0 Å². The Hall–Kier alpha value is 0.0900. The first-order chi connectivity index (χ1) is 5.56. The van der Waals surface area contributed by atoms with E-state index in [4.69, 9.17) is 10.2 Å². The number of carbonyl (C=O) groups is 1. The molecule has 1 atom stereocenters. The Morgan fingerprint density at radius 2 is 2.08 bits per heavy atom. The van der Waals surface area contributed by atoms with Gasteiger partial charge in [-0.25, -0.2) is 0 Å². The molecule has 0 saturated heterocycles. The Morgan fingerprint density at radius 1 is 1.50 bits per heavy atom. The van der Waals surface area contributed by atoms with Crippen molar-refractivity contribution >= 4 is 31.2 Å². The molecule has 0 spiro atoms. The molecule has 4 nitrogen and oxygen atoms in total. The highest BCUT2D eigenvalue weighted by atomic mass is 32.2. The molecular weight excluding hydrogens is 200 g/mol. The molecule has 0 amide bonds. The topological polar surface area (TPSA) is 66.8 Å². The Kier molecular flexibility index (Phi) is 6.64. The fourth-order valence-electron chi connectivity index (χ4n) is 0.450. The van der Waals surface area contributed by atoms with E-state index < -0.39 is 18.7 Å². The van der Waals surface area contributed by atoms with E-state index in [1.165, 1.54) is 0 Å². The van der Waals surface area contributed by atoms with Gasteiger partial charge in [-0.2, -0.15) is 25.3 Å². The van der Waals surface area contributed by atoms with Crippen LogP contribution in [-0.2, 0) is 9.53 Å². The highest BCUT2D eigenvalue weighted by Crippen LogP contribution is 2.06. The number of hydrogen-bond acceptors (Lipinski definition) is 6. The summed E-state index contributed by atoms with van der Waals surface area (Å²) in [5, 5.41) is 17.1. The van der Waals surface area contributed by atoms with E-state index in [-0.39, 0.29) is 17.6 Å². The Labute approximate surface area is 81.7 Å². The first kappa shape index (κ1) is 12.1. The molecule has 2 N–H and O–H groups in total. The van der Waals surface area contributed by atoms with E-state index >= 15 is 0 Å². The standard InChI is InChI=1S/C6H12O4S2/c7-2-4(8)3-10-5(9)1-6(11)12/h4,6-8,11-12H,1-3H2. The van der Waals surface area contributed by atoms with E-state index in [1.54, 1.807) is 0 Å². The molecule has 0 aliphatic heterocycles. The van der Waals surface area contributed by atoms with E-state index in [2.05, 4.69) is 30.0 Å². The largest absolute Gasteiger partial charge is 0.463 e. The highest BCUT2D eigenvalue weighted by molar-refractivity contribution is 7.99. The second-order valence-corrected chi connectivity index (χ2v) is 3.86. The van der Waals surface area contributed by atoms with Crippen molar-refractivity contribution in [3.63, 3.8) is 0 Å². The summed E-state index contributed by atoms with van der Waals surface area (Å²) in [5.41, 5.74) is 0. The summed E-state index contributed by atoms with van der Waals surface area (Å²) in [6, 6.07) is 0. The number of thiol groups is 2. The second-order valence-electron chi connectivity index (χ2n) is 2.20. The third kappa shape index (κ3) is 6.78. The van der Waals surface area contributed by atoms with E-state index in [1.807, 2.05) is 0 Å². The molecule has 0 bridgehead atoms. The average Bonchev–Trinajstić information content (AvgIpc) is 1.99. The monoisotopic (exact) mass is 212 g/mol. The lowest BCUT2D eigenvalue weighted by molar-refractivity contribution is -0.146. The molecular formula is C6H12O4S2. The molecule has 0 rings (SSSR count). The van der Waals surface area contributed by atoms with Crippen LogP contribution >= 0.6 is 25.3 Å². The lowest BCUT2D eigenvalue weighted by Gasteiger charge is -2.08. The van der Waals surface area contributed by atoms with Crippen LogP contribution in [0.5, 0.6) is 0 Å². The highest BCUT2D eigenvalue weighted by Gasteiger charge is 2.09. The molecule has 0 aromatic carbocycles. The fourth-order valence-corrected chi connectivity index (χ4v) is 0.748. The van der Waals surface area contributed by atoms with Gasteiger partial charge in [-0.3, -0.25) is 4.79 Å². The smallest absolute Gasteiger partial charge is 0.307 e. The van der Waals surface area contributed by atoms with Crippen LogP contribution in [0.25, 0.3) is 0 Å². The maximum Gasteiger partial charge on any atom is 0.307 e. The number of rotatable bonds is 5. The minimum atomic E-state index is -1.01. The molecule has 12 heavy (non-hydrogen) atoms. The zero-order valence-corrected chi connectivity index (χ0v) is 8.17. The number of hydrogen-bond donors (Lipinski definition) is 4. The van der Waals surface area contributed by atoms with Crippen molar-refractivity contribution in [2.45, 2.75) is 17.1 Å². The van der Waals surface area contributed by atoms with E-state index in [0.29, 0.717) is 0 Å². The first-order valence-corrected chi connectivity index (χ1v) is 4.40. The number of carbonyl (C=O) groups excluding carboxylic acids is 1. The van der Waals surface area contributed by atoms with E-state index in [0.717, 1.165) is 0 Å². The van der Waals surface area contributed by atoms with Crippen molar-refractivity contribution in [3.05, 3.63) is 0 Å². The minimum Gasteiger partial charge on any atom is -0.463 e. The Bertz CT molecular complexity index is 140. The van der Waals surface area contributed by atoms with Gasteiger partial charge < -0.3 is 14.9 Å². The van der Waals surface area contributed by atoms with Crippen molar-refractivity contribution in [1.29, 1.82) is 0 Å². The summed E-state index contributed by atoms with van der Waals surface area (Å²) in [6.07, 6.45) is -0.933. The van der Waals surface area contributed by atoms with Gasteiger partial charge in [0.1, 0.15) is 12.7 Å². The molecule has 6 heteroatoms. The maximum absolute atomic E-state index is 10.8. The Balaban J connectivity index is 3.44. The van der Waals surface area contributed by atoms with Gasteiger partial charge in [0.25, 0.3) is 0 Å². The Morgan fingerprint density at radius 3 is 2.50 bits per heavy atom. The van der Waals surface area contributed by atoms with Gasteiger partial charge in [-0.1, -0.05) is 0 Å². The molecule has 0 aromatic heterocycles. The molecule has 0 aromatic rings. The SMILES string of the molecule is O=C(CC(S)S)OCC(O)CO. The van der Waals surface area contributed by atoms with Crippen LogP contribution in [0.1, 0.15) is 6.42 Å². The maximum atomic E-state index is 10.8. The molecule has 0 radical (unpaired) electrons. The van der Waals surface area contributed by atoms with Crippen LogP contribution in [0.2, 0.25) is 0 Å². The second kappa shape index (κ2) is 6.59. The van der Waals surface area contributed by atoms with E-state index in [9.17, 15) is 4.79 Å². The molecule has 0 aliphatic carbocycles. The van der Waals surface area contributed by atoms with Gasteiger partial charge in [0, 0.05) is 0 Å². The summed E-state index contributed by atoms with van der Waals surface area (Å²) in [6.45, 7) is -0.609. The minimum absolute atomic E-state index is 0.0738. The van der Waals surface area contributed by atoms with Crippen LogP contribution in [0, 0.1) is 0 Å². The molecule has 0 aliphatic rings. The average molecular weight is 212 g/mol. The van der Waals surface area contributed by atoms with Gasteiger partial charge in [-0.05, 0) is 0 Å². The predicted molar refractivity (Wildman–Crippen MR) is 50.4 cm³/mol. The normalized spacial score (nSPS) is 13.1. The summed E-state index contributed by atoms with van der Waals surface area (Å²) in [7, 11) is 0. The van der Waals surface area contributed by atoms with Gasteiger partial charge in [0.2, 0.25) is 0 Å². The fraction of sp³-hybridized carbons (Fsp3) is 0.833. The summed E-state index contributed by atoms with van der Waals surface area (Å²) in [5.74, 6) is -0.488. The van der Waals surface area contributed by atoms with Gasteiger partial charge in [0.15, 0.2) is 0 Å². The third-order valence-electron chi connectivity index (χ3n) is 0.997. The van der Waals surface area contributed by atoms with Crippen molar-refractivity contribution in [3.8, 4) is 0 Å². The zero-order chi connectivity index (χ0) is 9.56. The quantitative estimate of drug-likeness (QED) is 0.281. The van der Waals surface area contributed by atoms with Crippen LogP contribution < -0.4 is 0 Å². The summed E-state index contributed by atoms with van der Waals surface area (Å²) in [4.78, 5) is 10.8. The number of aliphatic hydroxyl groups is 2. The van der Waals surface area contributed by atoms with Gasteiger partial charge >= 0.3 is 5.97 Å². The molecule has 1 unspecified atom stereocenters. The predicted octanol–water partition coefficient (Wildman–Crippen LogP) is -0.541. The van der Waals surface area contributed by atoms with Crippen molar-refractivity contribution in [2.75, 3.05) is 13.2 Å². The molecule has 0 fully saturated rings. The summed E-state index contributed by atoms with van der Waals surface area (Å²) >= 11 is 7.71. The van der Waals surface area contributed by atoms with Gasteiger partial charge in [-0.15, -0.1) is 0 Å². The zero-order valence-electron chi connectivity index (χ0n) is 6.38. The molecule has 0 heterocycles. The lowest BCUT2D eigenvalue weighted by Crippen LogP contribution is -2.22. The van der Waals surface area contributed by atoms with Crippen molar-refractivity contribution in [1.82, 2.24) is 0 Å². The van der Waals surface area contributed by atoms with Crippen LogP contribution in [-0.4, -0.2) is 40.1 Å². The number of esters is 1. The summed E-state index contributed by atoms with van der Waals surface area (Å²) < 4.78 is 4.20. The lowest BCUT2D eigenvalue weighted by atomic mass is 10.4. The molecule has 0 saturated carbocycles. The van der Waals surface area contributed by atoms with Crippen LogP contribution in [0.15, 0.2) is 0 Å². The van der Waals surface area contributed by atoms with Gasteiger partial charge in [0.05, 0.1) is 17.6 Å². The number of aliphatic hydroxyl groups excluding tert-OH is 2. The first-order valence-electron chi connectivity index (χ1n) is 3.37. The third-order valence-corrected chi connectivity index (χ3v) is 1.36. The van der Waals surface area contributed by atoms with Crippen molar-refractivity contribution < 1.29 is 19.7 Å². The van der Waals surface area contributed by atoms with Crippen molar-refractivity contribution in [2.24, 2.45) is 0 Å². The van der Waals surface area contributed by atoms with Crippen LogP contribution in [0.3, 0.4) is 0 Å². The molecule has 72 valence electrons.